The van der Waals surface area contributed by atoms with Crippen LogP contribution in [0, 0.1) is 0 Å². The van der Waals surface area contributed by atoms with Gasteiger partial charge in [0, 0.05) is 14.7 Å². The fraction of sp³-hybridized carbons (Fsp3) is 0.473. The summed E-state index contributed by atoms with van der Waals surface area (Å²) in [5.74, 6) is 1.51. The van der Waals surface area contributed by atoms with Crippen LogP contribution in [0.5, 0.6) is 34.5 Å². The largest absolute Gasteiger partial charge is 0.397 e. The monoisotopic (exact) mass is 1640 g/mol. The molecule has 542 valence electrons. The Balaban J connectivity index is 0.000000365. The average molecular weight is 1640 g/mol. The maximum atomic E-state index is 13.2. The molecule has 0 saturated heterocycles. The zero-order valence-corrected chi connectivity index (χ0v) is 71.9. The average Bonchev–Trinajstić information content (AvgIpc) is 0.827. The summed E-state index contributed by atoms with van der Waals surface area (Å²) in [7, 11) is 0.148. The number of carbonyl (C=O) groups is 3. The molecule has 6 aromatic rings. The summed E-state index contributed by atoms with van der Waals surface area (Å²) in [6, 6.07) is 46.9. The number of benzene rings is 6. The van der Waals surface area contributed by atoms with Gasteiger partial charge in [0.25, 0.3) is 0 Å². The van der Waals surface area contributed by atoms with Gasteiger partial charge in [0.15, 0.2) is 0 Å². The molecular weight excluding hydrogens is 1520 g/mol. The minimum Gasteiger partial charge on any atom is -0.397 e. The Morgan fingerprint density at radius 3 is 0.918 bits per heavy atom. The number of esters is 2. The van der Waals surface area contributed by atoms with Gasteiger partial charge < -0.3 is 5.11 Å². The van der Waals surface area contributed by atoms with Gasteiger partial charge in [-0.15, -0.1) is 0 Å². The molecule has 98 heavy (non-hydrogen) atoms. The number of aliphatic hydroxyl groups is 1. The van der Waals surface area contributed by atoms with Crippen molar-refractivity contribution in [1.29, 1.82) is 0 Å². The molecular formula is C74H112O16Se3Si5. The van der Waals surface area contributed by atoms with E-state index in [2.05, 4.69) is 135 Å². The number of carbonyl (C=O) groups excluding carboxylic acids is 2. The quantitative estimate of drug-likeness (QED) is 0.0211. The summed E-state index contributed by atoms with van der Waals surface area (Å²) in [5, 5.41) is 20.3. The van der Waals surface area contributed by atoms with E-state index in [1.807, 2.05) is 72.8 Å². The first-order valence-corrected chi connectivity index (χ1v) is 57.8. The van der Waals surface area contributed by atoms with Gasteiger partial charge in [0.1, 0.15) is 0 Å². The number of hydrogen-bond donors (Lipinski definition) is 2. The van der Waals surface area contributed by atoms with E-state index in [0.29, 0.717) is 78.2 Å². The van der Waals surface area contributed by atoms with Crippen LogP contribution >= 0.6 is 0 Å². The van der Waals surface area contributed by atoms with E-state index in [0.717, 1.165) is 63.3 Å². The van der Waals surface area contributed by atoms with Crippen molar-refractivity contribution in [1.82, 2.24) is 0 Å². The molecule has 6 rings (SSSR count). The number of rotatable bonds is 38. The summed E-state index contributed by atoms with van der Waals surface area (Å²) in [6.45, 7) is 37.2. The molecule has 0 spiro atoms. The second kappa shape index (κ2) is 45.1. The Morgan fingerprint density at radius 1 is 0.367 bits per heavy atom. The van der Waals surface area contributed by atoms with Gasteiger partial charge in [-0.25, -0.2) is 0 Å². The third-order valence-corrected chi connectivity index (χ3v) is 29.2. The van der Waals surface area contributed by atoms with Crippen LogP contribution < -0.4 is 41.8 Å². The molecule has 0 radical (unpaired) electrons. The molecule has 0 saturated carbocycles. The normalized spacial score (nSPS) is 11.5. The summed E-state index contributed by atoms with van der Waals surface area (Å²) in [6.07, 6.45) is 0. The molecule has 0 aliphatic carbocycles. The minimum absolute atomic E-state index is 0.0120. The van der Waals surface area contributed by atoms with Crippen LogP contribution in [-0.2, 0) is 39.6 Å². The van der Waals surface area contributed by atoms with Crippen LogP contribution in [0.25, 0.3) is 0 Å². The van der Waals surface area contributed by atoms with Crippen molar-refractivity contribution in [3.05, 3.63) is 161 Å². The molecule has 0 aromatic heterocycles. The van der Waals surface area contributed by atoms with Crippen LogP contribution in [0.4, 0.5) is 0 Å². The first-order valence-electron chi connectivity index (χ1n) is 33.1. The summed E-state index contributed by atoms with van der Waals surface area (Å²) >= 11 is 0.435. The van der Waals surface area contributed by atoms with E-state index in [-0.39, 0.29) is 76.8 Å². The molecule has 0 bridgehead atoms. The van der Waals surface area contributed by atoms with Crippen molar-refractivity contribution in [2.45, 2.75) is 144 Å². The van der Waals surface area contributed by atoms with Crippen molar-refractivity contribution >= 4 is 117 Å². The number of aromatic carboxylic acids is 1. The molecule has 0 atom stereocenters. The fourth-order valence-corrected chi connectivity index (χ4v) is 17.5. The van der Waals surface area contributed by atoms with E-state index in [1.165, 1.54) is 27.6 Å². The number of carboxylic acid groups (broad SMARTS) is 1. The molecule has 24 heteroatoms. The Morgan fingerprint density at radius 2 is 0.653 bits per heavy atom. The van der Waals surface area contributed by atoms with E-state index in [1.54, 1.807) is 32.4 Å². The zero-order valence-electron chi connectivity index (χ0n) is 61.8. The van der Waals surface area contributed by atoms with Gasteiger partial charge in [-0.2, -0.15) is 0 Å². The predicted molar refractivity (Wildman–Crippen MR) is 416 cm³/mol. The van der Waals surface area contributed by atoms with E-state index in [4.69, 9.17) is 57.2 Å². The van der Waals surface area contributed by atoms with Crippen LogP contribution in [0.1, 0.15) is 47.8 Å². The van der Waals surface area contributed by atoms with Gasteiger partial charge in [0.05, 0.1) is 0 Å². The zero-order chi connectivity index (χ0) is 73.0. The molecule has 0 aliphatic rings. The maximum absolute atomic E-state index is 13.2. The fourth-order valence-electron chi connectivity index (χ4n) is 8.36. The topological polar surface area (TPSA) is 193 Å². The second-order valence-electron chi connectivity index (χ2n) is 29.1. The number of carboxylic acids is 1. The molecule has 0 fully saturated rings. The Kier molecular flexibility index (Phi) is 40.1. The third kappa shape index (κ3) is 37.6. The van der Waals surface area contributed by atoms with Crippen molar-refractivity contribution < 1.29 is 76.7 Å². The molecule has 0 aliphatic heterocycles. The Labute approximate surface area is 610 Å². The van der Waals surface area contributed by atoms with Crippen LogP contribution in [0.15, 0.2) is 127 Å². The van der Waals surface area contributed by atoms with Crippen molar-refractivity contribution in [2.24, 2.45) is 0 Å². The molecule has 2 N–H and O–H groups in total. The third-order valence-electron chi connectivity index (χ3n) is 14.0. The molecule has 16 nitrogen and oxygen atoms in total. The molecule has 0 heterocycles. The second-order valence-corrected chi connectivity index (χ2v) is 63.8. The number of hydrogen-bond acceptors (Lipinski definition) is 15. The number of ether oxygens (including phenoxy) is 11. The Hall–Kier alpha value is -4.99. The van der Waals surface area contributed by atoms with Gasteiger partial charge >= 0.3 is 569 Å². The van der Waals surface area contributed by atoms with Gasteiger partial charge in [0.2, 0.25) is 0 Å². The summed E-state index contributed by atoms with van der Waals surface area (Å²) in [5.41, 5.74) is 3.62. The van der Waals surface area contributed by atoms with Gasteiger partial charge in [-0.05, 0) is 6.04 Å². The SMILES string of the molecule is COCOc1cc(OCC[Si](C)(C)C)cc(C[Se]c2ccccc2)c1C(=O)O.COCOc1cc(OCC[Si](C)(C)C)cc(C[Se]c2ccccc2)c1C(=O)OC.COCOc1cc(OCC[Si](C)(C)C)cc(C[Se]c2ccccc2)c1C(=O)OCC[Si](C)(C)C.C[Si](C)(C)CCO. The molecule has 6 aromatic carbocycles. The standard InChI is InChI=1S/C26H40O5SeSi2.C22H30O5SeSi.C21H28O5SeSi.C5H14OSi/c1-28-20-31-24-18-22(29-13-15-33(2,3)4)17-21(19-32-23-11-9-8-10-12-23)25(24)26(27)30-14-16-34(5,6)7;1-24-16-27-20-14-18(26-11-12-29(3,4)5)13-17(21(20)22(23)25-2)15-28-19-9-7-6-8-10-19;1-24-15-26-19-13-17(25-10-11-28(2,3)4)12-16(20(19)21(22)23)14-27-18-8-6-5-7-9-18;1-7(2,3)5-4-6/h8-12,17-18H,13-16,19-20H2,1-7H3;6-10,13-14H,11-12,15-16H2,1-5H3;5-9,12-13H,10-11,14-15H2,1-4H3,(H,22,23);6H,4-5H2,1-3H3. The van der Waals surface area contributed by atoms with Crippen molar-refractivity contribution in [3.8, 4) is 34.5 Å². The van der Waals surface area contributed by atoms with Gasteiger partial charge in [-0.1, -0.05) is 19.6 Å². The number of methoxy groups -OCH3 is 4. The van der Waals surface area contributed by atoms with Crippen LogP contribution in [0.2, 0.25) is 128 Å². The van der Waals surface area contributed by atoms with Crippen molar-refractivity contribution in [3.63, 3.8) is 0 Å². The number of aliphatic hydroxyl groups excluding tert-OH is 1. The Bertz CT molecular complexity index is 3280. The van der Waals surface area contributed by atoms with Crippen LogP contribution in [0.3, 0.4) is 0 Å². The molecule has 0 unspecified atom stereocenters. The molecule has 0 amide bonds. The smallest absolute Gasteiger partial charge is 0.0465 e. The van der Waals surface area contributed by atoms with Crippen molar-refractivity contribution in [2.75, 3.05) is 81.9 Å². The van der Waals surface area contributed by atoms with E-state index in [9.17, 15) is 19.5 Å². The summed E-state index contributed by atoms with van der Waals surface area (Å²) < 4.78 is 64.9. The van der Waals surface area contributed by atoms with E-state index >= 15 is 0 Å². The first-order chi connectivity index (χ1) is 46.2. The maximum Gasteiger partial charge on any atom is 0.0465 e. The van der Waals surface area contributed by atoms with Gasteiger partial charge in [-0.3, -0.25) is 0 Å². The first kappa shape index (κ1) is 87.2. The van der Waals surface area contributed by atoms with Crippen LogP contribution in [-0.4, -0.2) is 195 Å². The predicted octanol–water partition coefficient (Wildman–Crippen LogP) is 14.0. The van der Waals surface area contributed by atoms with E-state index < -0.39 is 52.3 Å². The minimum atomic E-state index is -1.31. The summed E-state index contributed by atoms with van der Waals surface area (Å²) in [4.78, 5) is 37.7.